The summed E-state index contributed by atoms with van der Waals surface area (Å²) in [5.74, 6) is -1.40. The van der Waals surface area contributed by atoms with Crippen molar-refractivity contribution in [2.24, 2.45) is 5.73 Å². The van der Waals surface area contributed by atoms with Crippen molar-refractivity contribution >= 4 is 11.9 Å². The summed E-state index contributed by atoms with van der Waals surface area (Å²) in [5, 5.41) is 11.7. The molecule has 0 spiro atoms. The number of nitrogens with two attached hydrogens (primary N) is 1. The number of carbonyl (C=O) groups is 2. The third-order valence-electron chi connectivity index (χ3n) is 2.83. The van der Waals surface area contributed by atoms with Gasteiger partial charge in [0.05, 0.1) is 6.04 Å². The molecule has 0 radical (unpaired) electrons. The number of nitrogens with one attached hydrogen (secondary N) is 1. The lowest BCUT2D eigenvalue weighted by atomic mass is 9.95. The number of carboxylic acid groups (broad SMARTS) is 1. The fourth-order valence-electron chi connectivity index (χ4n) is 1.64. The highest BCUT2D eigenvalue weighted by molar-refractivity contribution is 5.89. The average Bonchev–Trinajstić information content (AvgIpc) is 2.25. The Bertz CT molecular complexity index is 268. The Kier molecular flexibility index (Phi) is 6.80. The molecule has 0 aliphatic rings. The van der Waals surface area contributed by atoms with Gasteiger partial charge in [0.1, 0.15) is 5.54 Å². The molecule has 5 nitrogen and oxygen atoms in total. The summed E-state index contributed by atoms with van der Waals surface area (Å²) in [7, 11) is 0. The molecule has 2 unspecified atom stereocenters. The third-order valence-corrected chi connectivity index (χ3v) is 2.83. The molecule has 0 saturated heterocycles. The highest BCUT2D eigenvalue weighted by Gasteiger charge is 2.34. The molecule has 0 bridgehead atoms. The average molecular weight is 244 g/mol. The first-order valence-electron chi connectivity index (χ1n) is 6.18. The molecule has 2 atom stereocenters. The van der Waals surface area contributed by atoms with Crippen molar-refractivity contribution in [3.8, 4) is 0 Å². The highest BCUT2D eigenvalue weighted by atomic mass is 16.4. The normalized spacial score (nSPS) is 16.0. The van der Waals surface area contributed by atoms with Crippen LogP contribution >= 0.6 is 0 Å². The summed E-state index contributed by atoms with van der Waals surface area (Å²) < 4.78 is 0. The predicted octanol–water partition coefficient (Wildman–Crippen LogP) is 1.26. The van der Waals surface area contributed by atoms with E-state index >= 15 is 0 Å². The van der Waals surface area contributed by atoms with E-state index in [4.69, 9.17) is 10.8 Å². The summed E-state index contributed by atoms with van der Waals surface area (Å²) in [6.45, 7) is 5.41. The van der Waals surface area contributed by atoms with Crippen molar-refractivity contribution in [1.29, 1.82) is 0 Å². The second kappa shape index (κ2) is 7.27. The lowest BCUT2D eigenvalue weighted by molar-refractivity contribution is -0.147. The van der Waals surface area contributed by atoms with Crippen molar-refractivity contribution in [2.75, 3.05) is 0 Å². The van der Waals surface area contributed by atoms with Gasteiger partial charge in [0.2, 0.25) is 5.91 Å². The largest absolute Gasteiger partial charge is 0.480 e. The van der Waals surface area contributed by atoms with E-state index in [9.17, 15) is 9.59 Å². The van der Waals surface area contributed by atoms with Crippen molar-refractivity contribution in [3.05, 3.63) is 0 Å². The van der Waals surface area contributed by atoms with Crippen LogP contribution in [0.25, 0.3) is 0 Å². The maximum Gasteiger partial charge on any atom is 0.329 e. The summed E-state index contributed by atoms with van der Waals surface area (Å²) in [6.07, 6.45) is 3.50. The summed E-state index contributed by atoms with van der Waals surface area (Å²) >= 11 is 0. The first kappa shape index (κ1) is 15.9. The molecule has 0 heterocycles. The Morgan fingerprint density at radius 3 is 2.35 bits per heavy atom. The molecule has 0 rings (SSSR count). The maximum atomic E-state index is 11.7. The molecule has 0 aliphatic heterocycles. The summed E-state index contributed by atoms with van der Waals surface area (Å²) in [4.78, 5) is 22.9. The van der Waals surface area contributed by atoms with Gasteiger partial charge in [-0.2, -0.15) is 0 Å². The van der Waals surface area contributed by atoms with Crippen LogP contribution in [0, 0.1) is 0 Å². The van der Waals surface area contributed by atoms with Gasteiger partial charge in [0.15, 0.2) is 0 Å². The van der Waals surface area contributed by atoms with E-state index in [1.807, 2.05) is 13.8 Å². The smallest absolute Gasteiger partial charge is 0.329 e. The number of rotatable bonds is 8. The molecule has 4 N–H and O–H groups in total. The number of carbonyl (C=O) groups excluding carboxylic acids is 1. The van der Waals surface area contributed by atoms with Gasteiger partial charge < -0.3 is 16.2 Å². The SMILES string of the molecule is CCCCC(N)C(=O)NC(C)(CCC)C(=O)O. The van der Waals surface area contributed by atoms with Crippen LogP contribution in [0.15, 0.2) is 0 Å². The van der Waals surface area contributed by atoms with Crippen LogP contribution in [0.4, 0.5) is 0 Å². The Balaban J connectivity index is 4.45. The lowest BCUT2D eigenvalue weighted by Gasteiger charge is -2.27. The van der Waals surface area contributed by atoms with E-state index in [0.717, 1.165) is 12.8 Å². The van der Waals surface area contributed by atoms with Crippen LogP contribution in [0.5, 0.6) is 0 Å². The minimum Gasteiger partial charge on any atom is -0.480 e. The maximum absolute atomic E-state index is 11.7. The number of hydrogen-bond donors (Lipinski definition) is 3. The van der Waals surface area contributed by atoms with E-state index in [0.29, 0.717) is 19.3 Å². The van der Waals surface area contributed by atoms with Gasteiger partial charge in [0, 0.05) is 0 Å². The Labute approximate surface area is 103 Å². The van der Waals surface area contributed by atoms with E-state index in [1.165, 1.54) is 6.92 Å². The van der Waals surface area contributed by atoms with Gasteiger partial charge in [-0.25, -0.2) is 4.79 Å². The Hall–Kier alpha value is -1.10. The fourth-order valence-corrected chi connectivity index (χ4v) is 1.64. The first-order valence-corrected chi connectivity index (χ1v) is 6.18. The quantitative estimate of drug-likeness (QED) is 0.599. The number of aliphatic carboxylic acids is 1. The zero-order valence-electron chi connectivity index (χ0n) is 11.0. The van der Waals surface area contributed by atoms with Gasteiger partial charge in [-0.3, -0.25) is 4.79 Å². The minimum atomic E-state index is -1.21. The van der Waals surface area contributed by atoms with Crippen LogP contribution in [0.3, 0.4) is 0 Å². The zero-order valence-corrected chi connectivity index (χ0v) is 11.0. The van der Waals surface area contributed by atoms with Crippen LogP contribution < -0.4 is 11.1 Å². The standard InChI is InChI=1S/C12H24N2O3/c1-4-6-7-9(13)10(15)14-12(3,8-5-2)11(16)17/h9H,4-8,13H2,1-3H3,(H,14,15)(H,16,17). The van der Waals surface area contributed by atoms with E-state index < -0.39 is 17.6 Å². The molecule has 0 aliphatic carbocycles. The summed E-state index contributed by atoms with van der Waals surface area (Å²) in [6, 6.07) is -0.620. The van der Waals surface area contributed by atoms with E-state index in [2.05, 4.69) is 5.32 Å². The number of carboxylic acids is 1. The minimum absolute atomic E-state index is 0.378. The number of unbranched alkanes of at least 4 members (excludes halogenated alkanes) is 1. The molecule has 0 fully saturated rings. The van der Waals surface area contributed by atoms with Crippen molar-refractivity contribution in [3.63, 3.8) is 0 Å². The van der Waals surface area contributed by atoms with Gasteiger partial charge in [-0.1, -0.05) is 33.1 Å². The monoisotopic (exact) mass is 244 g/mol. The lowest BCUT2D eigenvalue weighted by Crippen LogP contribution is -2.56. The molecule has 0 saturated carbocycles. The van der Waals surface area contributed by atoms with E-state index in [-0.39, 0.29) is 5.91 Å². The zero-order chi connectivity index (χ0) is 13.5. The predicted molar refractivity (Wildman–Crippen MR) is 66.6 cm³/mol. The number of hydrogen-bond acceptors (Lipinski definition) is 3. The van der Waals surface area contributed by atoms with Crippen molar-refractivity contribution in [2.45, 2.75) is 64.5 Å². The van der Waals surface area contributed by atoms with Gasteiger partial charge in [-0.15, -0.1) is 0 Å². The topological polar surface area (TPSA) is 92.4 Å². The highest BCUT2D eigenvalue weighted by Crippen LogP contribution is 2.13. The fraction of sp³-hybridized carbons (Fsp3) is 0.833. The Morgan fingerprint density at radius 2 is 1.94 bits per heavy atom. The number of amides is 1. The molecule has 17 heavy (non-hydrogen) atoms. The second-order valence-corrected chi connectivity index (χ2v) is 4.63. The van der Waals surface area contributed by atoms with Crippen LogP contribution in [0.2, 0.25) is 0 Å². The van der Waals surface area contributed by atoms with Crippen LogP contribution in [-0.4, -0.2) is 28.6 Å². The van der Waals surface area contributed by atoms with Gasteiger partial charge in [0.25, 0.3) is 0 Å². The van der Waals surface area contributed by atoms with Crippen molar-refractivity contribution in [1.82, 2.24) is 5.32 Å². The van der Waals surface area contributed by atoms with Gasteiger partial charge >= 0.3 is 5.97 Å². The first-order chi connectivity index (χ1) is 7.87. The third kappa shape index (κ3) is 5.17. The Morgan fingerprint density at radius 1 is 1.35 bits per heavy atom. The van der Waals surface area contributed by atoms with Crippen LogP contribution in [-0.2, 0) is 9.59 Å². The molecule has 5 heteroatoms. The molecular weight excluding hydrogens is 220 g/mol. The van der Waals surface area contributed by atoms with Crippen molar-refractivity contribution < 1.29 is 14.7 Å². The molecule has 0 aromatic heterocycles. The molecule has 100 valence electrons. The molecular formula is C12H24N2O3. The molecule has 1 amide bonds. The summed E-state index contributed by atoms with van der Waals surface area (Å²) in [5.41, 5.74) is 4.49. The second-order valence-electron chi connectivity index (χ2n) is 4.63. The molecule has 0 aromatic rings. The van der Waals surface area contributed by atoms with E-state index in [1.54, 1.807) is 0 Å². The van der Waals surface area contributed by atoms with Crippen LogP contribution in [0.1, 0.15) is 52.9 Å². The molecule has 0 aromatic carbocycles. The van der Waals surface area contributed by atoms with Gasteiger partial charge in [-0.05, 0) is 19.8 Å².